The zero-order valence-electron chi connectivity index (χ0n) is 10.4. The Hall–Kier alpha value is -0.610. The van der Waals surface area contributed by atoms with Crippen LogP contribution < -0.4 is 0 Å². The Bertz CT molecular complexity index is 348. The van der Waals surface area contributed by atoms with Gasteiger partial charge in [-0.25, -0.2) is 4.68 Å². The van der Waals surface area contributed by atoms with Gasteiger partial charge in [0, 0.05) is 13.5 Å². The van der Waals surface area contributed by atoms with Crippen molar-refractivity contribution >= 4 is 11.6 Å². The minimum Gasteiger partial charge on any atom is -0.384 e. The van der Waals surface area contributed by atoms with E-state index >= 15 is 0 Å². The first-order valence-electron chi connectivity index (χ1n) is 6.34. The molecule has 5 heteroatoms. The molecule has 1 aliphatic carbocycles. The van der Waals surface area contributed by atoms with E-state index in [1.54, 1.807) is 7.11 Å². The summed E-state index contributed by atoms with van der Waals surface area (Å²) in [5.41, 5.74) is 2.07. The first kappa shape index (κ1) is 12.8. The molecule has 0 radical (unpaired) electrons. The number of halogens is 1. The molecule has 0 saturated heterocycles. The van der Waals surface area contributed by atoms with Crippen molar-refractivity contribution < 1.29 is 4.74 Å². The Morgan fingerprint density at radius 1 is 1.35 bits per heavy atom. The fraction of sp³-hybridized carbons (Fsp3) is 0.833. The van der Waals surface area contributed by atoms with Crippen molar-refractivity contribution in [3.63, 3.8) is 0 Å². The lowest BCUT2D eigenvalue weighted by molar-refractivity contribution is 0.198. The van der Waals surface area contributed by atoms with Crippen molar-refractivity contribution in [3.05, 3.63) is 11.4 Å². The van der Waals surface area contributed by atoms with Crippen LogP contribution in [0.15, 0.2) is 0 Å². The second kappa shape index (κ2) is 6.36. The number of hydrogen-bond donors (Lipinski definition) is 0. The molecule has 1 aliphatic rings. The van der Waals surface area contributed by atoms with E-state index < -0.39 is 0 Å². The van der Waals surface area contributed by atoms with Crippen LogP contribution in [0.2, 0.25) is 0 Å². The standard InChI is InChI=1S/C12H20ClN3O/c1-17-8-7-12-11(9-13)14-15-16(12)10-5-3-2-4-6-10/h10H,2-9H2,1H3. The Labute approximate surface area is 107 Å². The van der Waals surface area contributed by atoms with Crippen LogP contribution >= 0.6 is 11.6 Å². The molecule has 0 atom stereocenters. The van der Waals surface area contributed by atoms with E-state index in [9.17, 15) is 0 Å². The normalized spacial score (nSPS) is 17.5. The predicted octanol–water partition coefficient (Wildman–Crippen LogP) is 2.71. The lowest BCUT2D eigenvalue weighted by Crippen LogP contribution is -2.18. The van der Waals surface area contributed by atoms with Gasteiger partial charge in [-0.15, -0.1) is 16.7 Å². The highest BCUT2D eigenvalue weighted by Crippen LogP contribution is 2.29. The van der Waals surface area contributed by atoms with Gasteiger partial charge in [0.25, 0.3) is 0 Å². The van der Waals surface area contributed by atoms with Crippen LogP contribution in [-0.4, -0.2) is 28.7 Å². The van der Waals surface area contributed by atoms with E-state index in [0.29, 0.717) is 18.5 Å². The molecular formula is C12H20ClN3O. The van der Waals surface area contributed by atoms with Crippen molar-refractivity contribution in [3.8, 4) is 0 Å². The van der Waals surface area contributed by atoms with E-state index in [0.717, 1.165) is 17.8 Å². The van der Waals surface area contributed by atoms with Crippen molar-refractivity contribution in [1.82, 2.24) is 15.0 Å². The first-order chi connectivity index (χ1) is 8.36. The van der Waals surface area contributed by atoms with E-state index in [1.165, 1.54) is 32.1 Å². The molecule has 96 valence electrons. The van der Waals surface area contributed by atoms with Crippen LogP contribution in [-0.2, 0) is 17.0 Å². The summed E-state index contributed by atoms with van der Waals surface area (Å²) < 4.78 is 7.24. The number of aromatic nitrogens is 3. The third kappa shape index (κ3) is 2.99. The van der Waals surface area contributed by atoms with Crippen LogP contribution in [0.3, 0.4) is 0 Å². The third-order valence-electron chi connectivity index (χ3n) is 3.46. The number of alkyl halides is 1. The Balaban J connectivity index is 2.16. The number of nitrogens with zero attached hydrogens (tertiary/aromatic N) is 3. The van der Waals surface area contributed by atoms with Crippen molar-refractivity contribution in [2.75, 3.05) is 13.7 Å². The molecule has 1 heterocycles. The highest BCUT2D eigenvalue weighted by atomic mass is 35.5. The van der Waals surface area contributed by atoms with Crippen molar-refractivity contribution in [2.45, 2.75) is 50.4 Å². The summed E-state index contributed by atoms with van der Waals surface area (Å²) in [4.78, 5) is 0. The molecule has 1 saturated carbocycles. The summed E-state index contributed by atoms with van der Waals surface area (Å²) >= 11 is 5.91. The lowest BCUT2D eigenvalue weighted by Gasteiger charge is -2.23. The Morgan fingerprint density at radius 2 is 2.12 bits per heavy atom. The number of rotatable bonds is 5. The van der Waals surface area contributed by atoms with Gasteiger partial charge in [-0.2, -0.15) is 0 Å². The topological polar surface area (TPSA) is 39.9 Å². The zero-order valence-corrected chi connectivity index (χ0v) is 11.1. The van der Waals surface area contributed by atoms with Gasteiger partial charge in [-0.05, 0) is 12.8 Å². The molecule has 0 unspecified atom stereocenters. The number of methoxy groups -OCH3 is 1. The summed E-state index contributed by atoms with van der Waals surface area (Å²) in [6, 6.07) is 0.514. The van der Waals surface area contributed by atoms with Gasteiger partial charge in [0.2, 0.25) is 0 Å². The van der Waals surface area contributed by atoms with Crippen molar-refractivity contribution in [2.24, 2.45) is 0 Å². The second-order valence-corrected chi connectivity index (χ2v) is 4.86. The second-order valence-electron chi connectivity index (χ2n) is 4.60. The molecule has 0 aromatic carbocycles. The summed E-state index contributed by atoms with van der Waals surface area (Å²) in [5, 5.41) is 8.48. The Morgan fingerprint density at radius 3 is 2.76 bits per heavy atom. The van der Waals surface area contributed by atoms with Crippen LogP contribution in [0.25, 0.3) is 0 Å². The van der Waals surface area contributed by atoms with E-state index in [-0.39, 0.29) is 0 Å². The fourth-order valence-corrected chi connectivity index (χ4v) is 2.73. The SMILES string of the molecule is COCCc1c(CCl)nnn1C1CCCCC1. The average Bonchev–Trinajstić information content (AvgIpc) is 2.80. The lowest BCUT2D eigenvalue weighted by atomic mass is 9.95. The minimum atomic E-state index is 0.436. The van der Waals surface area contributed by atoms with E-state index in [1.807, 2.05) is 0 Å². The van der Waals surface area contributed by atoms with E-state index in [2.05, 4.69) is 15.0 Å². The van der Waals surface area contributed by atoms with Gasteiger partial charge >= 0.3 is 0 Å². The average molecular weight is 258 g/mol. The maximum absolute atomic E-state index is 5.91. The predicted molar refractivity (Wildman–Crippen MR) is 67.3 cm³/mol. The maximum Gasteiger partial charge on any atom is 0.101 e. The van der Waals surface area contributed by atoms with Gasteiger partial charge in [0.05, 0.1) is 24.2 Å². The van der Waals surface area contributed by atoms with Crippen LogP contribution in [0, 0.1) is 0 Å². The summed E-state index contributed by atoms with van der Waals surface area (Å²) in [6.07, 6.45) is 7.22. The van der Waals surface area contributed by atoms with Gasteiger partial charge in [0.1, 0.15) is 5.69 Å². The van der Waals surface area contributed by atoms with Gasteiger partial charge in [0.15, 0.2) is 0 Å². The van der Waals surface area contributed by atoms with Crippen LogP contribution in [0.5, 0.6) is 0 Å². The van der Waals surface area contributed by atoms with Gasteiger partial charge in [-0.1, -0.05) is 24.5 Å². The summed E-state index contributed by atoms with van der Waals surface area (Å²) in [7, 11) is 1.72. The monoisotopic (exact) mass is 257 g/mol. The van der Waals surface area contributed by atoms with Crippen LogP contribution in [0.4, 0.5) is 0 Å². The zero-order chi connectivity index (χ0) is 12.1. The number of ether oxygens (including phenoxy) is 1. The molecule has 0 amide bonds. The summed E-state index contributed by atoms with van der Waals surface area (Å²) in [6.45, 7) is 0.698. The quantitative estimate of drug-likeness (QED) is 0.762. The van der Waals surface area contributed by atoms with Crippen molar-refractivity contribution in [1.29, 1.82) is 0 Å². The van der Waals surface area contributed by atoms with Gasteiger partial charge < -0.3 is 4.74 Å². The molecule has 1 fully saturated rings. The Kier molecular flexibility index (Phi) is 4.80. The smallest absolute Gasteiger partial charge is 0.101 e. The molecule has 0 aliphatic heterocycles. The molecular weight excluding hydrogens is 238 g/mol. The highest BCUT2D eigenvalue weighted by Gasteiger charge is 2.21. The fourth-order valence-electron chi connectivity index (χ4n) is 2.53. The van der Waals surface area contributed by atoms with E-state index in [4.69, 9.17) is 16.3 Å². The first-order valence-corrected chi connectivity index (χ1v) is 6.88. The molecule has 0 bridgehead atoms. The summed E-state index contributed by atoms with van der Waals surface area (Å²) in [5.74, 6) is 0.436. The minimum absolute atomic E-state index is 0.436. The molecule has 17 heavy (non-hydrogen) atoms. The molecule has 1 aromatic rings. The maximum atomic E-state index is 5.91. The highest BCUT2D eigenvalue weighted by molar-refractivity contribution is 6.16. The molecule has 1 aromatic heterocycles. The largest absolute Gasteiger partial charge is 0.384 e. The molecule has 0 spiro atoms. The molecule has 4 nitrogen and oxygen atoms in total. The molecule has 2 rings (SSSR count). The molecule has 0 N–H and O–H groups in total. The third-order valence-corrected chi connectivity index (χ3v) is 3.71. The van der Waals surface area contributed by atoms with Gasteiger partial charge in [-0.3, -0.25) is 0 Å². The van der Waals surface area contributed by atoms with Crippen LogP contribution in [0.1, 0.15) is 49.5 Å². The number of hydrogen-bond acceptors (Lipinski definition) is 3.